The highest BCUT2D eigenvalue weighted by Gasteiger charge is 2.36. The molecule has 0 spiro atoms. The van der Waals surface area contributed by atoms with Gasteiger partial charge in [0, 0.05) is 27.9 Å². The second-order valence-corrected chi connectivity index (χ2v) is 15.1. The van der Waals surface area contributed by atoms with E-state index in [1.54, 1.807) is 0 Å². The summed E-state index contributed by atoms with van der Waals surface area (Å²) in [6.07, 6.45) is 4.37. The lowest BCUT2D eigenvalue weighted by atomic mass is 9.82. The summed E-state index contributed by atoms with van der Waals surface area (Å²) in [4.78, 5) is 5.10. The van der Waals surface area contributed by atoms with E-state index in [9.17, 15) is 0 Å². The first-order valence-corrected chi connectivity index (χ1v) is 17.8. The number of aromatic nitrogens is 1. The first-order valence-electron chi connectivity index (χ1n) is 16.2. The van der Waals surface area contributed by atoms with Crippen molar-refractivity contribution in [3.05, 3.63) is 168 Å². The molecule has 0 bridgehead atoms. The number of allylic oxidation sites excluding steroid dienone is 1. The Morgan fingerprint density at radius 2 is 1.26 bits per heavy atom. The highest BCUT2D eigenvalue weighted by molar-refractivity contribution is 6.77. The predicted octanol–water partition coefficient (Wildman–Crippen LogP) is 10.1. The van der Waals surface area contributed by atoms with Gasteiger partial charge in [0.1, 0.15) is 9.52 Å². The molecule has 2 aliphatic rings. The lowest BCUT2D eigenvalue weighted by molar-refractivity contribution is 0.661. The minimum absolute atomic E-state index is 0.0462. The number of aliphatic imine (C=N–C) groups is 1. The summed E-state index contributed by atoms with van der Waals surface area (Å²) in [5.74, 6) is 0. The van der Waals surface area contributed by atoms with Crippen LogP contribution in [0.15, 0.2) is 157 Å². The van der Waals surface area contributed by atoms with Gasteiger partial charge in [-0.25, -0.2) is 4.99 Å². The largest absolute Gasteiger partial charge is 0.302 e. The van der Waals surface area contributed by atoms with Gasteiger partial charge >= 0.3 is 0 Å². The molecule has 0 saturated heterocycles. The van der Waals surface area contributed by atoms with Gasteiger partial charge in [-0.1, -0.05) is 141 Å². The molecule has 1 atom stereocenters. The molecule has 0 fully saturated rings. The first-order chi connectivity index (χ1) is 22.6. The predicted molar refractivity (Wildman–Crippen MR) is 198 cm³/mol. The van der Waals surface area contributed by atoms with Crippen molar-refractivity contribution < 1.29 is 0 Å². The standard InChI is InChI=1S/C43H34N2Si/c1-43(2)37-17-8-6-15-33(37)35-26-36-34-16-7-9-18-39(34)45(40(36)27-38(35)43)42-44-24-23-41(46-42)32-14-10-13-31(25-32)30-21-19-29(20-22-30)28-11-4-3-5-12-28/h3-27,41H,46H2,1-2H3. The Morgan fingerprint density at radius 1 is 0.565 bits per heavy atom. The summed E-state index contributed by atoms with van der Waals surface area (Å²) in [5, 5.41) is 2.61. The van der Waals surface area contributed by atoms with Crippen molar-refractivity contribution in [2.24, 2.45) is 4.99 Å². The molecule has 7 aromatic rings. The van der Waals surface area contributed by atoms with Crippen LogP contribution in [0.25, 0.3) is 55.2 Å². The third-order valence-electron chi connectivity index (χ3n) is 10.2. The van der Waals surface area contributed by atoms with Gasteiger partial charge in [0.05, 0.1) is 16.5 Å². The summed E-state index contributed by atoms with van der Waals surface area (Å²) < 4.78 is 2.49. The zero-order valence-electron chi connectivity index (χ0n) is 26.1. The number of benzene rings is 6. The summed E-state index contributed by atoms with van der Waals surface area (Å²) >= 11 is 0. The second-order valence-electron chi connectivity index (χ2n) is 13.2. The molecule has 2 nitrogen and oxygen atoms in total. The molecule has 0 radical (unpaired) electrons. The molecule has 2 heterocycles. The zero-order chi connectivity index (χ0) is 30.8. The first kappa shape index (κ1) is 27.1. The van der Waals surface area contributed by atoms with Crippen molar-refractivity contribution >= 4 is 36.8 Å². The number of hydrogen-bond donors (Lipinski definition) is 0. The Kier molecular flexibility index (Phi) is 6.12. The van der Waals surface area contributed by atoms with Crippen LogP contribution >= 0.6 is 0 Å². The van der Waals surface area contributed by atoms with Gasteiger partial charge in [-0.3, -0.25) is 0 Å². The van der Waals surface area contributed by atoms with Gasteiger partial charge in [0.15, 0.2) is 0 Å². The van der Waals surface area contributed by atoms with Crippen molar-refractivity contribution in [3.8, 4) is 33.4 Å². The summed E-state index contributed by atoms with van der Waals surface area (Å²) in [7, 11) is -0.811. The SMILES string of the molecule is CC1(C)c2ccccc2-c2cc3c4ccccc4n(C4=NC=CC(c5cccc(-c6ccc(-c7ccccc7)cc6)c5)[SiH2]4)c3cc21. The topological polar surface area (TPSA) is 17.3 Å². The van der Waals surface area contributed by atoms with E-state index in [2.05, 4.69) is 164 Å². The van der Waals surface area contributed by atoms with Crippen molar-refractivity contribution in [1.29, 1.82) is 0 Å². The summed E-state index contributed by atoms with van der Waals surface area (Å²) in [6.45, 7) is 4.73. The maximum absolute atomic E-state index is 5.10. The van der Waals surface area contributed by atoms with Crippen LogP contribution in [0.2, 0.25) is 0 Å². The molecule has 1 unspecified atom stereocenters. The van der Waals surface area contributed by atoms with Crippen molar-refractivity contribution in [3.63, 3.8) is 0 Å². The molecule has 220 valence electrons. The highest BCUT2D eigenvalue weighted by atomic mass is 28.2. The molecule has 9 rings (SSSR count). The lowest BCUT2D eigenvalue weighted by Crippen LogP contribution is -2.26. The molecule has 6 aromatic carbocycles. The van der Waals surface area contributed by atoms with Gasteiger partial charge < -0.3 is 4.57 Å². The average Bonchev–Trinajstić information content (AvgIpc) is 3.56. The van der Waals surface area contributed by atoms with Crippen molar-refractivity contribution in [1.82, 2.24) is 4.57 Å². The summed E-state index contributed by atoms with van der Waals surface area (Å²) in [6, 6.07) is 51.4. The third kappa shape index (κ3) is 4.19. The maximum Gasteiger partial charge on any atom is 0.112 e. The Morgan fingerprint density at radius 3 is 2.11 bits per heavy atom. The van der Waals surface area contributed by atoms with Crippen LogP contribution in [0.1, 0.15) is 36.1 Å². The molecular formula is C43H34N2Si. The van der Waals surface area contributed by atoms with Crippen LogP contribution in [-0.4, -0.2) is 19.5 Å². The second kappa shape index (κ2) is 10.4. The quantitative estimate of drug-likeness (QED) is 0.178. The van der Waals surface area contributed by atoms with E-state index in [1.165, 1.54) is 77.3 Å². The Hall–Kier alpha value is -5.25. The molecule has 0 amide bonds. The lowest BCUT2D eigenvalue weighted by Gasteiger charge is -2.23. The summed E-state index contributed by atoms with van der Waals surface area (Å²) in [5.41, 5.74) is 16.0. The number of rotatable bonds is 3. The van der Waals surface area contributed by atoms with Gasteiger partial charge in [-0.05, 0) is 68.3 Å². The fourth-order valence-electron chi connectivity index (χ4n) is 7.80. The minimum Gasteiger partial charge on any atom is -0.302 e. The van der Waals surface area contributed by atoms with Crippen LogP contribution in [0.4, 0.5) is 0 Å². The van der Waals surface area contributed by atoms with Crippen LogP contribution < -0.4 is 0 Å². The van der Waals surface area contributed by atoms with E-state index in [0.717, 1.165) is 0 Å². The van der Waals surface area contributed by atoms with E-state index >= 15 is 0 Å². The zero-order valence-corrected chi connectivity index (χ0v) is 27.5. The van der Waals surface area contributed by atoms with Gasteiger partial charge in [0.2, 0.25) is 0 Å². The van der Waals surface area contributed by atoms with Crippen LogP contribution in [0, 0.1) is 0 Å². The highest BCUT2D eigenvalue weighted by Crippen LogP contribution is 2.50. The fourth-order valence-corrected chi connectivity index (χ4v) is 9.68. The van der Waals surface area contributed by atoms with E-state index in [0.29, 0.717) is 5.54 Å². The normalized spacial score (nSPS) is 16.9. The van der Waals surface area contributed by atoms with E-state index in [4.69, 9.17) is 4.99 Å². The van der Waals surface area contributed by atoms with Gasteiger partial charge in [0.25, 0.3) is 0 Å². The van der Waals surface area contributed by atoms with Gasteiger partial charge in [-0.15, -0.1) is 0 Å². The van der Waals surface area contributed by atoms with Gasteiger partial charge in [-0.2, -0.15) is 0 Å². The van der Waals surface area contributed by atoms with Crippen molar-refractivity contribution in [2.75, 3.05) is 0 Å². The number of nitrogens with zero attached hydrogens (tertiary/aromatic N) is 2. The average molecular weight is 607 g/mol. The Bertz CT molecular complexity index is 2360. The maximum atomic E-state index is 5.10. The Balaban J connectivity index is 1.09. The van der Waals surface area contributed by atoms with E-state index in [-0.39, 0.29) is 5.41 Å². The van der Waals surface area contributed by atoms with Crippen LogP contribution in [0.3, 0.4) is 0 Å². The molecule has 0 saturated carbocycles. The van der Waals surface area contributed by atoms with Crippen molar-refractivity contribution in [2.45, 2.75) is 24.8 Å². The molecule has 1 aliphatic carbocycles. The number of fused-ring (bicyclic) bond motifs is 6. The third-order valence-corrected chi connectivity index (χ3v) is 12.3. The number of para-hydroxylation sites is 1. The number of hydrogen-bond acceptors (Lipinski definition) is 1. The monoisotopic (exact) mass is 606 g/mol. The fraction of sp³-hybridized carbons (Fsp3) is 0.0930. The molecule has 3 heteroatoms. The molecule has 1 aromatic heterocycles. The molecule has 46 heavy (non-hydrogen) atoms. The smallest absolute Gasteiger partial charge is 0.112 e. The van der Waals surface area contributed by atoms with E-state index in [1.807, 2.05) is 6.20 Å². The molecule has 0 N–H and O–H groups in total. The van der Waals surface area contributed by atoms with Crippen LogP contribution in [-0.2, 0) is 5.41 Å². The van der Waals surface area contributed by atoms with Crippen LogP contribution in [0.5, 0.6) is 0 Å². The Labute approximate surface area is 272 Å². The molecule has 1 aliphatic heterocycles. The van der Waals surface area contributed by atoms with E-state index < -0.39 is 9.52 Å². The minimum atomic E-state index is -0.811. The molecular weight excluding hydrogens is 573 g/mol.